The van der Waals surface area contributed by atoms with Gasteiger partial charge in [-0.15, -0.1) is 0 Å². The Kier molecular flexibility index (Phi) is 5.17. The topological polar surface area (TPSA) is 35.6 Å². The Hall–Kier alpha value is -0.610. The third-order valence-electron chi connectivity index (χ3n) is 5.77. The zero-order valence-corrected chi connectivity index (χ0v) is 13.5. The van der Waals surface area contributed by atoms with Crippen LogP contribution in [0.15, 0.2) is 0 Å². The van der Waals surface area contributed by atoms with Crippen molar-refractivity contribution in [2.24, 2.45) is 5.92 Å². The molecule has 3 fully saturated rings. The summed E-state index contributed by atoms with van der Waals surface area (Å²) in [6, 6.07) is 0.712. The van der Waals surface area contributed by atoms with E-state index < -0.39 is 0 Å². The molecular formula is C17H31N3O. The zero-order valence-electron chi connectivity index (χ0n) is 13.5. The lowest BCUT2D eigenvalue weighted by atomic mass is 9.90. The minimum atomic E-state index is 0.0869. The van der Waals surface area contributed by atoms with Gasteiger partial charge in [0.25, 0.3) is 0 Å². The monoisotopic (exact) mass is 293 g/mol. The molecule has 3 unspecified atom stereocenters. The fourth-order valence-electron chi connectivity index (χ4n) is 4.30. The van der Waals surface area contributed by atoms with Gasteiger partial charge in [-0.2, -0.15) is 0 Å². The van der Waals surface area contributed by atoms with Crippen molar-refractivity contribution >= 4 is 5.91 Å². The second-order valence-corrected chi connectivity index (χ2v) is 7.13. The van der Waals surface area contributed by atoms with E-state index in [-0.39, 0.29) is 6.04 Å². The molecule has 0 aliphatic carbocycles. The van der Waals surface area contributed by atoms with E-state index in [1.807, 2.05) is 0 Å². The minimum Gasteiger partial charge on any atom is -0.340 e. The summed E-state index contributed by atoms with van der Waals surface area (Å²) in [6.07, 6.45) is 8.73. The van der Waals surface area contributed by atoms with Gasteiger partial charge in [0.2, 0.25) is 5.91 Å². The first-order valence-corrected chi connectivity index (χ1v) is 9.04. The molecule has 120 valence electrons. The van der Waals surface area contributed by atoms with Gasteiger partial charge >= 0.3 is 0 Å². The molecule has 0 aromatic rings. The van der Waals surface area contributed by atoms with Crippen LogP contribution < -0.4 is 5.32 Å². The number of amides is 1. The van der Waals surface area contributed by atoms with E-state index in [0.29, 0.717) is 11.9 Å². The Bertz CT molecular complexity index is 354. The van der Waals surface area contributed by atoms with Crippen LogP contribution in [0.3, 0.4) is 0 Å². The van der Waals surface area contributed by atoms with Gasteiger partial charge in [-0.25, -0.2) is 0 Å². The van der Waals surface area contributed by atoms with Crippen molar-refractivity contribution in [1.82, 2.24) is 15.1 Å². The number of hydrogen-bond donors (Lipinski definition) is 1. The third-order valence-corrected chi connectivity index (χ3v) is 5.77. The molecule has 4 heteroatoms. The highest BCUT2D eigenvalue weighted by atomic mass is 16.2. The van der Waals surface area contributed by atoms with Crippen LogP contribution in [0.4, 0.5) is 0 Å². The molecule has 21 heavy (non-hydrogen) atoms. The number of carbonyl (C=O) groups excluding carboxylic acids is 1. The summed E-state index contributed by atoms with van der Waals surface area (Å²) < 4.78 is 0. The highest BCUT2D eigenvalue weighted by molar-refractivity contribution is 5.82. The molecule has 0 radical (unpaired) electrons. The molecule has 3 saturated heterocycles. The lowest BCUT2D eigenvalue weighted by Crippen LogP contribution is -2.50. The molecule has 1 amide bonds. The van der Waals surface area contributed by atoms with Gasteiger partial charge in [-0.3, -0.25) is 9.69 Å². The molecular weight excluding hydrogens is 262 g/mol. The fraction of sp³-hybridized carbons (Fsp3) is 0.941. The number of nitrogens with one attached hydrogen (secondary N) is 1. The Balaban J connectivity index is 1.51. The van der Waals surface area contributed by atoms with Crippen LogP contribution in [0.5, 0.6) is 0 Å². The van der Waals surface area contributed by atoms with Gasteiger partial charge < -0.3 is 10.2 Å². The lowest BCUT2D eigenvalue weighted by molar-refractivity contribution is -0.133. The van der Waals surface area contributed by atoms with E-state index >= 15 is 0 Å². The molecule has 3 rings (SSSR count). The molecule has 3 atom stereocenters. The van der Waals surface area contributed by atoms with E-state index in [1.165, 1.54) is 51.6 Å². The molecule has 0 aromatic heterocycles. The highest BCUT2D eigenvalue weighted by Crippen LogP contribution is 2.24. The van der Waals surface area contributed by atoms with Crippen LogP contribution in [0.2, 0.25) is 0 Å². The average Bonchev–Trinajstić information content (AvgIpc) is 3.05. The first-order chi connectivity index (χ1) is 10.3. The third kappa shape index (κ3) is 3.59. The molecule has 0 spiro atoms. The Labute approximate surface area is 129 Å². The minimum absolute atomic E-state index is 0.0869. The highest BCUT2D eigenvalue weighted by Gasteiger charge is 2.35. The molecule has 0 aromatic carbocycles. The van der Waals surface area contributed by atoms with Crippen molar-refractivity contribution in [2.75, 3.05) is 32.7 Å². The van der Waals surface area contributed by atoms with Gasteiger partial charge in [0.15, 0.2) is 0 Å². The van der Waals surface area contributed by atoms with Gasteiger partial charge in [0, 0.05) is 19.1 Å². The zero-order chi connectivity index (χ0) is 14.7. The van der Waals surface area contributed by atoms with E-state index in [0.717, 1.165) is 32.0 Å². The van der Waals surface area contributed by atoms with Crippen LogP contribution in [0.1, 0.15) is 51.9 Å². The number of piperidine rings is 2. The molecule has 3 aliphatic rings. The van der Waals surface area contributed by atoms with Gasteiger partial charge in [0.05, 0.1) is 6.04 Å². The van der Waals surface area contributed by atoms with E-state index in [4.69, 9.17) is 0 Å². The Morgan fingerprint density at radius 2 is 1.95 bits per heavy atom. The quantitative estimate of drug-likeness (QED) is 0.862. The van der Waals surface area contributed by atoms with E-state index in [1.54, 1.807) is 0 Å². The average molecular weight is 293 g/mol. The van der Waals surface area contributed by atoms with Crippen molar-refractivity contribution in [3.05, 3.63) is 0 Å². The van der Waals surface area contributed by atoms with Gasteiger partial charge in [-0.05, 0) is 57.7 Å². The van der Waals surface area contributed by atoms with Crippen molar-refractivity contribution in [2.45, 2.75) is 64.0 Å². The summed E-state index contributed by atoms with van der Waals surface area (Å²) in [5.41, 5.74) is 0. The molecule has 0 bridgehead atoms. The first kappa shape index (κ1) is 15.3. The van der Waals surface area contributed by atoms with E-state index in [9.17, 15) is 4.79 Å². The van der Waals surface area contributed by atoms with Crippen LogP contribution in [-0.2, 0) is 4.79 Å². The number of hydrogen-bond acceptors (Lipinski definition) is 3. The maximum atomic E-state index is 12.7. The van der Waals surface area contributed by atoms with Crippen LogP contribution >= 0.6 is 0 Å². The maximum absolute atomic E-state index is 12.7. The van der Waals surface area contributed by atoms with Crippen LogP contribution in [-0.4, -0.2) is 60.5 Å². The fourth-order valence-corrected chi connectivity index (χ4v) is 4.30. The van der Waals surface area contributed by atoms with Crippen LogP contribution in [0.25, 0.3) is 0 Å². The number of carbonyl (C=O) groups is 1. The van der Waals surface area contributed by atoms with Crippen molar-refractivity contribution < 1.29 is 4.79 Å². The number of likely N-dealkylation sites (tertiary alicyclic amines) is 2. The molecule has 1 N–H and O–H groups in total. The van der Waals surface area contributed by atoms with Crippen molar-refractivity contribution in [3.63, 3.8) is 0 Å². The maximum Gasteiger partial charge on any atom is 0.239 e. The summed E-state index contributed by atoms with van der Waals surface area (Å²) >= 11 is 0. The second kappa shape index (κ2) is 7.10. The Morgan fingerprint density at radius 3 is 2.71 bits per heavy atom. The number of rotatable bonds is 3. The Morgan fingerprint density at radius 1 is 1.14 bits per heavy atom. The van der Waals surface area contributed by atoms with Crippen molar-refractivity contribution in [3.8, 4) is 0 Å². The predicted octanol–water partition coefficient (Wildman–Crippen LogP) is 1.85. The molecule has 0 saturated carbocycles. The van der Waals surface area contributed by atoms with E-state index in [2.05, 4.69) is 22.0 Å². The SMILES string of the molecule is CCC1CCNC(C(=O)N2CCC(N3CCCCC3)C2)C1. The van der Waals surface area contributed by atoms with Gasteiger partial charge in [0.1, 0.15) is 0 Å². The lowest BCUT2D eigenvalue weighted by Gasteiger charge is -2.34. The summed E-state index contributed by atoms with van der Waals surface area (Å²) in [6.45, 7) is 7.68. The standard InChI is InChI=1S/C17H31N3O/c1-2-14-6-8-18-16(12-14)17(21)20-11-7-15(13-20)19-9-4-3-5-10-19/h14-16,18H,2-13H2,1H3. The summed E-state index contributed by atoms with van der Waals surface area (Å²) in [5, 5.41) is 3.45. The summed E-state index contributed by atoms with van der Waals surface area (Å²) in [5.74, 6) is 1.10. The predicted molar refractivity (Wildman–Crippen MR) is 85.2 cm³/mol. The molecule has 3 aliphatic heterocycles. The molecule has 4 nitrogen and oxygen atoms in total. The van der Waals surface area contributed by atoms with Crippen LogP contribution in [0, 0.1) is 5.92 Å². The van der Waals surface area contributed by atoms with Gasteiger partial charge in [-0.1, -0.05) is 19.8 Å². The number of nitrogens with zero attached hydrogens (tertiary/aromatic N) is 2. The summed E-state index contributed by atoms with van der Waals surface area (Å²) in [7, 11) is 0. The molecule has 3 heterocycles. The normalized spacial score (nSPS) is 35.1. The largest absolute Gasteiger partial charge is 0.340 e. The second-order valence-electron chi connectivity index (χ2n) is 7.13. The smallest absolute Gasteiger partial charge is 0.239 e. The van der Waals surface area contributed by atoms with Crippen molar-refractivity contribution in [1.29, 1.82) is 0 Å². The first-order valence-electron chi connectivity index (χ1n) is 9.04. The summed E-state index contributed by atoms with van der Waals surface area (Å²) in [4.78, 5) is 17.5.